The summed E-state index contributed by atoms with van der Waals surface area (Å²) in [5.74, 6) is 1.44. The molecule has 2 heterocycles. The fourth-order valence-corrected chi connectivity index (χ4v) is 2.05. The number of hydrogen-bond acceptors (Lipinski definition) is 6. The molecule has 1 aromatic rings. The van der Waals surface area contributed by atoms with Crippen molar-refractivity contribution in [2.45, 2.75) is 19.9 Å². The van der Waals surface area contributed by atoms with Crippen LogP contribution in [0.25, 0.3) is 0 Å². The number of nitrogens with one attached hydrogen (secondary N) is 1. The first-order valence-corrected chi connectivity index (χ1v) is 6.71. The SMILES string of the molecule is CCc1nnc(CN(C)CCN2CCNCC2)o1. The predicted octanol–water partition coefficient (Wildman–Crippen LogP) is -0.0310. The van der Waals surface area contributed by atoms with E-state index in [1.807, 2.05) is 6.92 Å². The number of nitrogens with zero attached hydrogens (tertiary/aromatic N) is 4. The van der Waals surface area contributed by atoms with Gasteiger partial charge >= 0.3 is 0 Å². The van der Waals surface area contributed by atoms with Gasteiger partial charge in [0, 0.05) is 45.7 Å². The lowest BCUT2D eigenvalue weighted by atomic mass is 10.3. The second kappa shape index (κ2) is 6.82. The predicted molar refractivity (Wildman–Crippen MR) is 69.3 cm³/mol. The van der Waals surface area contributed by atoms with E-state index in [0.29, 0.717) is 0 Å². The molecule has 0 spiro atoms. The summed E-state index contributed by atoms with van der Waals surface area (Å²) in [6.45, 7) is 9.39. The van der Waals surface area contributed by atoms with E-state index in [4.69, 9.17) is 4.42 Å². The topological polar surface area (TPSA) is 57.4 Å². The monoisotopic (exact) mass is 253 g/mol. The summed E-state index contributed by atoms with van der Waals surface area (Å²) in [6.07, 6.45) is 0.803. The molecule has 0 aliphatic carbocycles. The minimum absolute atomic E-state index is 0.717. The van der Waals surface area contributed by atoms with Gasteiger partial charge in [0.25, 0.3) is 0 Å². The molecular weight excluding hydrogens is 230 g/mol. The number of aromatic nitrogens is 2. The third-order valence-corrected chi connectivity index (χ3v) is 3.22. The van der Waals surface area contributed by atoms with Crippen molar-refractivity contribution in [2.24, 2.45) is 0 Å². The second-order valence-electron chi connectivity index (χ2n) is 4.77. The van der Waals surface area contributed by atoms with Crippen molar-refractivity contribution in [1.29, 1.82) is 0 Å². The third kappa shape index (κ3) is 4.04. The van der Waals surface area contributed by atoms with Crippen LogP contribution in [0.1, 0.15) is 18.7 Å². The van der Waals surface area contributed by atoms with E-state index in [2.05, 4.69) is 32.4 Å². The first-order valence-electron chi connectivity index (χ1n) is 6.71. The molecule has 18 heavy (non-hydrogen) atoms. The van der Waals surface area contributed by atoms with Crippen molar-refractivity contribution >= 4 is 0 Å². The van der Waals surface area contributed by atoms with Crippen LogP contribution in [0, 0.1) is 0 Å². The maximum Gasteiger partial charge on any atom is 0.230 e. The van der Waals surface area contributed by atoms with Crippen LogP contribution in [-0.4, -0.2) is 66.3 Å². The van der Waals surface area contributed by atoms with Crippen molar-refractivity contribution in [3.63, 3.8) is 0 Å². The van der Waals surface area contributed by atoms with Gasteiger partial charge in [-0.05, 0) is 7.05 Å². The first kappa shape index (κ1) is 13.5. The van der Waals surface area contributed by atoms with Gasteiger partial charge in [0.2, 0.25) is 11.8 Å². The van der Waals surface area contributed by atoms with Gasteiger partial charge in [-0.3, -0.25) is 9.80 Å². The van der Waals surface area contributed by atoms with Gasteiger partial charge in [0.05, 0.1) is 6.54 Å². The zero-order valence-corrected chi connectivity index (χ0v) is 11.4. The van der Waals surface area contributed by atoms with E-state index in [-0.39, 0.29) is 0 Å². The fraction of sp³-hybridized carbons (Fsp3) is 0.833. The van der Waals surface area contributed by atoms with Crippen molar-refractivity contribution in [2.75, 3.05) is 46.3 Å². The summed E-state index contributed by atoms with van der Waals surface area (Å²) in [6, 6.07) is 0. The van der Waals surface area contributed by atoms with Crippen LogP contribution in [-0.2, 0) is 13.0 Å². The summed E-state index contributed by atoms with van der Waals surface area (Å²) in [5, 5.41) is 11.4. The van der Waals surface area contributed by atoms with Gasteiger partial charge in [-0.1, -0.05) is 6.92 Å². The van der Waals surface area contributed by atoms with Crippen LogP contribution in [0.5, 0.6) is 0 Å². The van der Waals surface area contributed by atoms with Crippen molar-refractivity contribution in [3.8, 4) is 0 Å². The van der Waals surface area contributed by atoms with Gasteiger partial charge in [0.15, 0.2) is 0 Å². The normalized spacial score (nSPS) is 17.5. The number of likely N-dealkylation sites (N-methyl/N-ethyl adjacent to an activating group) is 1. The molecule has 1 aromatic heterocycles. The minimum atomic E-state index is 0.717. The molecule has 1 aliphatic heterocycles. The highest BCUT2D eigenvalue weighted by molar-refractivity contribution is 4.81. The van der Waals surface area contributed by atoms with E-state index in [9.17, 15) is 0 Å². The molecule has 1 fully saturated rings. The fourth-order valence-electron chi connectivity index (χ4n) is 2.05. The van der Waals surface area contributed by atoms with E-state index in [0.717, 1.165) is 64.0 Å². The molecule has 0 amide bonds. The number of aryl methyl sites for hydroxylation is 1. The molecule has 2 rings (SSSR count). The van der Waals surface area contributed by atoms with Gasteiger partial charge in [0.1, 0.15) is 0 Å². The van der Waals surface area contributed by atoms with Crippen LogP contribution in [0.15, 0.2) is 4.42 Å². The van der Waals surface area contributed by atoms with Crippen LogP contribution in [0.2, 0.25) is 0 Å². The minimum Gasteiger partial charge on any atom is -0.424 e. The van der Waals surface area contributed by atoms with E-state index in [1.165, 1.54) is 0 Å². The Hall–Kier alpha value is -0.980. The zero-order chi connectivity index (χ0) is 12.8. The van der Waals surface area contributed by atoms with E-state index < -0.39 is 0 Å². The Balaban J connectivity index is 1.69. The molecule has 0 saturated carbocycles. The third-order valence-electron chi connectivity index (χ3n) is 3.22. The van der Waals surface area contributed by atoms with Gasteiger partial charge in [-0.2, -0.15) is 0 Å². The summed E-state index contributed by atoms with van der Waals surface area (Å²) in [4.78, 5) is 4.72. The highest BCUT2D eigenvalue weighted by Crippen LogP contribution is 2.03. The van der Waals surface area contributed by atoms with Crippen LogP contribution < -0.4 is 5.32 Å². The molecule has 6 nitrogen and oxygen atoms in total. The number of rotatable bonds is 6. The Kier molecular flexibility index (Phi) is 5.10. The van der Waals surface area contributed by atoms with Gasteiger partial charge in [-0.15, -0.1) is 10.2 Å². The van der Waals surface area contributed by atoms with Crippen LogP contribution >= 0.6 is 0 Å². The molecule has 1 N–H and O–H groups in total. The molecular formula is C12H23N5O. The Morgan fingerprint density at radius 3 is 2.67 bits per heavy atom. The van der Waals surface area contributed by atoms with Crippen molar-refractivity contribution < 1.29 is 4.42 Å². The Morgan fingerprint density at radius 1 is 1.28 bits per heavy atom. The average molecular weight is 253 g/mol. The van der Waals surface area contributed by atoms with Crippen molar-refractivity contribution in [3.05, 3.63) is 11.8 Å². The van der Waals surface area contributed by atoms with Gasteiger partial charge in [-0.25, -0.2) is 0 Å². The maximum absolute atomic E-state index is 5.51. The average Bonchev–Trinajstić information content (AvgIpc) is 2.85. The maximum atomic E-state index is 5.51. The smallest absolute Gasteiger partial charge is 0.230 e. The van der Waals surface area contributed by atoms with E-state index in [1.54, 1.807) is 0 Å². The quantitative estimate of drug-likeness (QED) is 0.768. The Labute approximate surface area is 108 Å². The van der Waals surface area contributed by atoms with E-state index >= 15 is 0 Å². The lowest BCUT2D eigenvalue weighted by Gasteiger charge is -2.28. The second-order valence-corrected chi connectivity index (χ2v) is 4.77. The first-order chi connectivity index (χ1) is 8.78. The number of hydrogen-bond donors (Lipinski definition) is 1. The van der Waals surface area contributed by atoms with Crippen molar-refractivity contribution in [1.82, 2.24) is 25.3 Å². The molecule has 0 radical (unpaired) electrons. The summed E-state index contributed by atoms with van der Waals surface area (Å²) in [7, 11) is 2.10. The summed E-state index contributed by atoms with van der Waals surface area (Å²) >= 11 is 0. The molecule has 0 atom stereocenters. The highest BCUT2D eigenvalue weighted by Gasteiger charge is 2.12. The largest absolute Gasteiger partial charge is 0.424 e. The summed E-state index contributed by atoms with van der Waals surface area (Å²) in [5.41, 5.74) is 0. The molecule has 1 aliphatic rings. The number of piperazine rings is 1. The lowest BCUT2D eigenvalue weighted by Crippen LogP contribution is -2.45. The van der Waals surface area contributed by atoms with Crippen LogP contribution in [0.4, 0.5) is 0 Å². The molecule has 0 aromatic carbocycles. The Bertz CT molecular complexity index is 348. The molecule has 6 heteroatoms. The highest BCUT2D eigenvalue weighted by atomic mass is 16.4. The molecule has 0 bridgehead atoms. The summed E-state index contributed by atoms with van der Waals surface area (Å²) < 4.78 is 5.51. The Morgan fingerprint density at radius 2 is 2.00 bits per heavy atom. The standard InChI is InChI=1S/C12H23N5O/c1-3-11-14-15-12(18-11)10-16(2)8-9-17-6-4-13-5-7-17/h13H,3-10H2,1-2H3. The molecule has 1 saturated heterocycles. The zero-order valence-electron chi connectivity index (χ0n) is 11.4. The van der Waals surface area contributed by atoms with Crippen LogP contribution in [0.3, 0.4) is 0 Å². The molecule has 102 valence electrons. The lowest BCUT2D eigenvalue weighted by molar-refractivity contribution is 0.195. The van der Waals surface area contributed by atoms with Gasteiger partial charge < -0.3 is 9.73 Å². The molecule has 0 unspecified atom stereocenters.